The highest BCUT2D eigenvalue weighted by atomic mass is 16.6. The fourth-order valence-electron chi connectivity index (χ4n) is 4.84. The zero-order chi connectivity index (χ0) is 20.5. The van der Waals surface area contributed by atoms with Crippen LogP contribution in [0, 0.1) is 6.92 Å². The monoisotopic (exact) mass is 395 g/mol. The van der Waals surface area contributed by atoms with E-state index in [1.54, 1.807) is 0 Å². The molecule has 3 heteroatoms. The minimum Gasteiger partial charge on any atom is -0.410 e. The van der Waals surface area contributed by atoms with Crippen molar-refractivity contribution in [2.45, 2.75) is 38.3 Å². The fourth-order valence-corrected chi connectivity index (χ4v) is 4.84. The molecule has 30 heavy (non-hydrogen) atoms. The summed E-state index contributed by atoms with van der Waals surface area (Å²) in [5, 5.41) is 0. The number of aryl methyl sites for hydroxylation is 1. The second-order valence-corrected chi connectivity index (χ2v) is 8.16. The zero-order valence-corrected chi connectivity index (χ0v) is 17.1. The van der Waals surface area contributed by atoms with E-state index >= 15 is 0 Å². The van der Waals surface area contributed by atoms with E-state index in [4.69, 9.17) is 4.74 Å². The molecule has 2 atom stereocenters. The Kier molecular flexibility index (Phi) is 4.88. The minimum atomic E-state index is -0.245. The van der Waals surface area contributed by atoms with Crippen LogP contribution in [0.1, 0.15) is 36.0 Å². The molecule has 2 aliphatic heterocycles. The van der Waals surface area contributed by atoms with Crippen LogP contribution in [-0.4, -0.2) is 23.1 Å². The van der Waals surface area contributed by atoms with Crippen molar-refractivity contribution in [3.8, 4) is 5.75 Å². The van der Waals surface area contributed by atoms with Gasteiger partial charge in [0.25, 0.3) is 0 Å². The second-order valence-electron chi connectivity index (χ2n) is 8.16. The van der Waals surface area contributed by atoms with Crippen LogP contribution < -0.4 is 4.74 Å². The molecular formula is C27H25NO2. The van der Waals surface area contributed by atoms with E-state index in [1.807, 2.05) is 35.2 Å². The molecule has 2 aliphatic rings. The van der Waals surface area contributed by atoms with Crippen LogP contribution in [0.2, 0.25) is 0 Å². The lowest BCUT2D eigenvalue weighted by atomic mass is 9.84. The van der Waals surface area contributed by atoms with E-state index in [0.717, 1.165) is 19.3 Å². The van der Waals surface area contributed by atoms with Gasteiger partial charge in [0.2, 0.25) is 0 Å². The quantitative estimate of drug-likeness (QED) is 0.518. The molecule has 0 unspecified atom stereocenters. The van der Waals surface area contributed by atoms with Gasteiger partial charge in [-0.3, -0.25) is 4.90 Å². The Morgan fingerprint density at radius 2 is 1.50 bits per heavy atom. The summed E-state index contributed by atoms with van der Waals surface area (Å²) in [6, 6.07) is 28.8. The summed E-state index contributed by atoms with van der Waals surface area (Å²) in [5.74, 6) is 0.594. The zero-order valence-electron chi connectivity index (χ0n) is 17.1. The number of carbonyl (C=O) groups is 1. The van der Waals surface area contributed by atoms with Gasteiger partial charge in [0.15, 0.2) is 0 Å². The summed E-state index contributed by atoms with van der Waals surface area (Å²) in [4.78, 5) is 15.2. The molecule has 2 heterocycles. The van der Waals surface area contributed by atoms with Gasteiger partial charge in [-0.15, -0.1) is 0 Å². The Balaban J connectivity index is 1.56. The molecule has 0 aliphatic carbocycles. The van der Waals surface area contributed by atoms with Gasteiger partial charge in [-0.25, -0.2) is 4.79 Å². The third-order valence-electron chi connectivity index (χ3n) is 6.24. The second kappa shape index (κ2) is 7.83. The van der Waals surface area contributed by atoms with Crippen molar-refractivity contribution in [3.63, 3.8) is 0 Å². The topological polar surface area (TPSA) is 29.5 Å². The maximum atomic E-state index is 13.2. The summed E-state index contributed by atoms with van der Waals surface area (Å²) >= 11 is 0. The molecule has 150 valence electrons. The van der Waals surface area contributed by atoms with Crippen LogP contribution in [-0.2, 0) is 0 Å². The first kappa shape index (κ1) is 18.7. The van der Waals surface area contributed by atoms with E-state index in [0.29, 0.717) is 5.75 Å². The van der Waals surface area contributed by atoms with Gasteiger partial charge in [-0.1, -0.05) is 78.4 Å². The van der Waals surface area contributed by atoms with Crippen LogP contribution in [0.25, 0.3) is 11.1 Å². The molecular weight excluding hydrogens is 370 g/mol. The number of benzene rings is 3. The third kappa shape index (κ3) is 3.41. The first-order chi connectivity index (χ1) is 14.7. The van der Waals surface area contributed by atoms with E-state index in [-0.39, 0.29) is 18.2 Å². The number of nitrogens with zero attached hydrogens (tertiary/aromatic N) is 1. The molecule has 3 aromatic carbocycles. The van der Waals surface area contributed by atoms with Crippen LogP contribution in [0.4, 0.5) is 4.79 Å². The van der Waals surface area contributed by atoms with Gasteiger partial charge >= 0.3 is 6.09 Å². The van der Waals surface area contributed by atoms with E-state index in [2.05, 4.69) is 61.5 Å². The summed E-state index contributed by atoms with van der Waals surface area (Å²) in [5.41, 5.74) is 6.31. The highest BCUT2D eigenvalue weighted by Crippen LogP contribution is 2.47. The van der Waals surface area contributed by atoms with Gasteiger partial charge < -0.3 is 4.74 Å². The number of fused-ring (bicyclic) bond motifs is 2. The van der Waals surface area contributed by atoms with Gasteiger partial charge in [-0.05, 0) is 60.6 Å². The predicted molar refractivity (Wildman–Crippen MR) is 120 cm³/mol. The van der Waals surface area contributed by atoms with E-state index in [1.165, 1.54) is 27.8 Å². The largest absolute Gasteiger partial charge is 0.416 e. The number of hydrogen-bond donors (Lipinski definition) is 0. The van der Waals surface area contributed by atoms with Crippen molar-refractivity contribution in [1.29, 1.82) is 0 Å². The molecule has 3 aromatic rings. The van der Waals surface area contributed by atoms with Crippen molar-refractivity contribution in [1.82, 2.24) is 4.90 Å². The average Bonchev–Trinajstić information content (AvgIpc) is 3.10. The molecule has 1 fully saturated rings. The maximum absolute atomic E-state index is 13.2. The van der Waals surface area contributed by atoms with Crippen LogP contribution in [0.15, 0.2) is 84.9 Å². The Labute approximate surface area is 177 Å². The molecule has 0 N–H and O–H groups in total. The number of amides is 1. The average molecular weight is 396 g/mol. The molecule has 0 radical (unpaired) electrons. The van der Waals surface area contributed by atoms with Crippen LogP contribution >= 0.6 is 0 Å². The van der Waals surface area contributed by atoms with Gasteiger partial charge in [-0.2, -0.15) is 0 Å². The molecule has 1 amide bonds. The van der Waals surface area contributed by atoms with E-state index in [9.17, 15) is 4.79 Å². The number of hydrogen-bond acceptors (Lipinski definition) is 2. The SMILES string of the molecule is Cc1ccc(C2=C(c3ccccc3)C[C@@H]3CC[C@H]2N3C(=O)Oc2ccccc2)cc1. The minimum absolute atomic E-state index is 0.0397. The van der Waals surface area contributed by atoms with Crippen molar-refractivity contribution < 1.29 is 9.53 Å². The lowest BCUT2D eigenvalue weighted by Gasteiger charge is -2.37. The summed E-state index contributed by atoms with van der Waals surface area (Å²) in [7, 11) is 0. The van der Waals surface area contributed by atoms with Crippen molar-refractivity contribution in [2.24, 2.45) is 0 Å². The Morgan fingerprint density at radius 3 is 2.20 bits per heavy atom. The lowest BCUT2D eigenvalue weighted by Crippen LogP contribution is -2.46. The highest BCUT2D eigenvalue weighted by molar-refractivity contribution is 5.96. The maximum Gasteiger partial charge on any atom is 0.416 e. The summed E-state index contributed by atoms with van der Waals surface area (Å²) < 4.78 is 5.74. The fraction of sp³-hybridized carbons (Fsp3) is 0.222. The summed E-state index contributed by atoms with van der Waals surface area (Å²) in [6.45, 7) is 2.10. The highest BCUT2D eigenvalue weighted by Gasteiger charge is 2.45. The molecule has 3 nitrogen and oxygen atoms in total. The Bertz CT molecular complexity index is 1070. The molecule has 0 spiro atoms. The van der Waals surface area contributed by atoms with Crippen molar-refractivity contribution in [2.75, 3.05) is 0 Å². The number of para-hydroxylation sites is 1. The first-order valence-electron chi connectivity index (χ1n) is 10.6. The summed E-state index contributed by atoms with van der Waals surface area (Å²) in [6.07, 6.45) is 2.58. The normalized spacial score (nSPS) is 20.4. The van der Waals surface area contributed by atoms with Crippen LogP contribution in [0.5, 0.6) is 5.75 Å². The van der Waals surface area contributed by atoms with Gasteiger partial charge in [0.1, 0.15) is 5.75 Å². The first-order valence-corrected chi connectivity index (χ1v) is 10.6. The molecule has 1 saturated heterocycles. The number of carbonyl (C=O) groups excluding carboxylic acids is 1. The van der Waals surface area contributed by atoms with Gasteiger partial charge in [0, 0.05) is 6.04 Å². The third-order valence-corrected chi connectivity index (χ3v) is 6.24. The molecule has 2 bridgehead atoms. The van der Waals surface area contributed by atoms with Crippen molar-refractivity contribution in [3.05, 3.63) is 102 Å². The molecule has 0 aromatic heterocycles. The van der Waals surface area contributed by atoms with Gasteiger partial charge in [0.05, 0.1) is 6.04 Å². The van der Waals surface area contributed by atoms with Crippen LogP contribution in [0.3, 0.4) is 0 Å². The molecule has 0 saturated carbocycles. The predicted octanol–water partition coefficient (Wildman–Crippen LogP) is 6.34. The lowest BCUT2D eigenvalue weighted by molar-refractivity contribution is 0.137. The molecule has 5 rings (SSSR count). The Morgan fingerprint density at radius 1 is 0.833 bits per heavy atom. The van der Waals surface area contributed by atoms with Crippen molar-refractivity contribution >= 4 is 17.2 Å². The number of ether oxygens (including phenoxy) is 1. The van der Waals surface area contributed by atoms with E-state index < -0.39 is 0 Å². The smallest absolute Gasteiger partial charge is 0.410 e. The Hall–Kier alpha value is -3.33. The number of rotatable bonds is 3. The standard InChI is InChI=1S/C27H25NO2/c1-19-12-14-21(15-13-19)26-24(20-8-4-2-5-9-20)18-22-16-17-25(26)28(22)27(29)30-23-10-6-3-7-11-23/h2-15,22,25H,16-18H2,1H3/t22-,25+/m0/s1.